The molecule has 0 atom stereocenters. The lowest BCUT2D eigenvalue weighted by molar-refractivity contribution is 1.07. The van der Waals surface area contributed by atoms with Crippen LogP contribution in [0.1, 0.15) is 0 Å². The average Bonchev–Trinajstić information content (AvgIpc) is 3.74. The molecule has 0 amide bonds. The number of fused-ring (bicyclic) bond motifs is 3. The second-order valence-corrected chi connectivity index (χ2v) is 15.9. The van der Waals surface area contributed by atoms with Gasteiger partial charge in [-0.1, -0.05) is 164 Å². The lowest BCUT2D eigenvalue weighted by atomic mass is 9.93. The largest absolute Gasteiger partial charge is 0.264 e. The molecule has 61 heavy (non-hydrogen) atoms. The molecule has 7 aromatic carbocycles. The van der Waals surface area contributed by atoms with Gasteiger partial charge < -0.3 is 0 Å². The molecule has 0 N–H and O–H groups in total. The second kappa shape index (κ2) is 15.7. The van der Waals surface area contributed by atoms with Crippen LogP contribution in [-0.4, -0.2) is 24.9 Å². The Balaban J connectivity index is 0.993. The summed E-state index contributed by atoms with van der Waals surface area (Å²) in [6.45, 7) is 0. The summed E-state index contributed by atoms with van der Waals surface area (Å²) in [5.74, 6) is 1.94. The monoisotopic (exact) mass is 797 g/mol. The lowest BCUT2D eigenvalue weighted by Gasteiger charge is -2.12. The molecule has 4 heterocycles. The van der Waals surface area contributed by atoms with E-state index >= 15 is 0 Å². The van der Waals surface area contributed by atoms with Gasteiger partial charge in [-0.25, -0.2) is 15.0 Å². The predicted octanol–water partition coefficient (Wildman–Crippen LogP) is 14.4. The maximum Gasteiger partial charge on any atom is 0.164 e. The van der Waals surface area contributed by atoms with Crippen LogP contribution in [0.4, 0.5) is 0 Å². The van der Waals surface area contributed by atoms with Crippen molar-refractivity contribution in [1.82, 2.24) is 24.9 Å². The minimum absolute atomic E-state index is 0.639. The fourth-order valence-corrected chi connectivity index (χ4v) is 9.38. The number of aromatic nitrogens is 5. The third kappa shape index (κ3) is 7.05. The minimum atomic E-state index is 0.639. The highest BCUT2D eigenvalue weighted by atomic mass is 32.1. The van der Waals surface area contributed by atoms with E-state index in [0.717, 1.165) is 61.3 Å². The van der Waals surface area contributed by atoms with E-state index in [1.807, 2.05) is 115 Å². The van der Waals surface area contributed by atoms with E-state index in [4.69, 9.17) is 19.9 Å². The molecular weight excluding hydrogens is 763 g/mol. The van der Waals surface area contributed by atoms with Crippen LogP contribution in [0.15, 0.2) is 213 Å². The molecule has 0 spiro atoms. The highest BCUT2D eigenvalue weighted by molar-refractivity contribution is 7.26. The normalized spacial score (nSPS) is 11.3. The van der Waals surface area contributed by atoms with Gasteiger partial charge in [0.15, 0.2) is 17.5 Å². The Morgan fingerprint density at radius 1 is 0.311 bits per heavy atom. The van der Waals surface area contributed by atoms with Gasteiger partial charge in [0.2, 0.25) is 0 Å². The summed E-state index contributed by atoms with van der Waals surface area (Å²) in [6.07, 6.45) is 5.74. The van der Waals surface area contributed by atoms with Crippen LogP contribution in [0, 0.1) is 0 Å². The highest BCUT2D eigenvalue weighted by Gasteiger charge is 2.17. The summed E-state index contributed by atoms with van der Waals surface area (Å²) >= 11 is 1.85. The number of hydrogen-bond acceptors (Lipinski definition) is 6. The van der Waals surface area contributed by atoms with Crippen molar-refractivity contribution < 1.29 is 0 Å². The van der Waals surface area contributed by atoms with Crippen molar-refractivity contribution in [2.45, 2.75) is 0 Å². The molecular formula is C55H35N5S. The van der Waals surface area contributed by atoms with Gasteiger partial charge in [-0.3, -0.25) is 9.97 Å². The maximum atomic E-state index is 4.96. The van der Waals surface area contributed by atoms with Crippen LogP contribution in [-0.2, 0) is 0 Å². The summed E-state index contributed by atoms with van der Waals surface area (Å²) in [6, 6.07) is 67.6. The highest BCUT2D eigenvalue weighted by Crippen LogP contribution is 2.45. The van der Waals surface area contributed by atoms with Crippen molar-refractivity contribution in [3.8, 4) is 89.9 Å². The first-order valence-electron chi connectivity index (χ1n) is 20.2. The van der Waals surface area contributed by atoms with Crippen LogP contribution in [0.5, 0.6) is 0 Å². The van der Waals surface area contributed by atoms with E-state index in [1.54, 1.807) is 0 Å². The Kier molecular flexibility index (Phi) is 9.30. The predicted molar refractivity (Wildman–Crippen MR) is 252 cm³/mol. The molecule has 6 heteroatoms. The van der Waals surface area contributed by atoms with E-state index in [0.29, 0.717) is 17.5 Å². The van der Waals surface area contributed by atoms with Crippen LogP contribution in [0.3, 0.4) is 0 Å². The molecule has 11 aromatic rings. The first kappa shape index (κ1) is 36.2. The summed E-state index contributed by atoms with van der Waals surface area (Å²) in [4.78, 5) is 24.1. The number of benzene rings is 7. The molecule has 0 saturated carbocycles. The Hall–Kier alpha value is -7.93. The maximum absolute atomic E-state index is 4.96. The van der Waals surface area contributed by atoms with Gasteiger partial charge in [-0.05, 0) is 63.7 Å². The van der Waals surface area contributed by atoms with E-state index in [9.17, 15) is 0 Å². The molecule has 5 nitrogen and oxygen atoms in total. The number of pyridine rings is 2. The summed E-state index contributed by atoms with van der Waals surface area (Å²) in [5.41, 5.74) is 13.9. The van der Waals surface area contributed by atoms with Crippen molar-refractivity contribution in [3.05, 3.63) is 213 Å². The van der Waals surface area contributed by atoms with Crippen LogP contribution >= 0.6 is 11.3 Å². The smallest absolute Gasteiger partial charge is 0.164 e. The SMILES string of the molecule is c1ccc(-c2ccc(-c3cc(-c4cccnc4)cc(-c4cccc5c4sc4c(-c6ccc(-c7nc(-c8ccccc8)nc(-c8ccccc8)n7)cc6)cccc45)c3)cn2)cc1. The molecule has 0 radical (unpaired) electrons. The Morgan fingerprint density at radius 3 is 1.30 bits per heavy atom. The molecule has 286 valence electrons. The zero-order chi connectivity index (χ0) is 40.5. The average molecular weight is 798 g/mol. The van der Waals surface area contributed by atoms with Crippen molar-refractivity contribution in [2.75, 3.05) is 0 Å². The van der Waals surface area contributed by atoms with Crippen LogP contribution in [0.2, 0.25) is 0 Å². The van der Waals surface area contributed by atoms with Gasteiger partial charge in [-0.2, -0.15) is 0 Å². The zero-order valence-corrected chi connectivity index (χ0v) is 33.7. The molecule has 11 rings (SSSR count). The first-order chi connectivity index (χ1) is 30.2. The van der Waals surface area contributed by atoms with E-state index < -0.39 is 0 Å². The number of hydrogen-bond donors (Lipinski definition) is 0. The Labute approximate surface area is 357 Å². The van der Waals surface area contributed by atoms with E-state index in [1.165, 1.54) is 31.3 Å². The van der Waals surface area contributed by atoms with Gasteiger partial charge >= 0.3 is 0 Å². The molecule has 0 saturated heterocycles. The molecule has 0 unspecified atom stereocenters. The van der Waals surface area contributed by atoms with E-state index in [2.05, 4.69) is 114 Å². The third-order valence-corrected chi connectivity index (χ3v) is 12.4. The zero-order valence-electron chi connectivity index (χ0n) is 32.9. The van der Waals surface area contributed by atoms with Gasteiger partial charge in [0, 0.05) is 72.1 Å². The molecule has 0 fully saturated rings. The Bertz CT molecular complexity index is 3260. The molecule has 0 aliphatic carbocycles. The standard InChI is InChI=1S/C55H35N5S/c1-4-13-37(14-5-1)50-29-28-42(35-57-50)44-31-43(41-19-12-30-56-34-41)32-45(33-44)47-21-11-23-49-48-22-10-20-46(51(48)61-52(47)49)36-24-26-40(27-25-36)55-59-53(38-15-6-2-7-16-38)58-54(60-55)39-17-8-3-9-18-39/h1-35H. The number of thiophene rings is 1. The van der Waals surface area contributed by atoms with Gasteiger partial charge in [0.05, 0.1) is 5.69 Å². The quantitative estimate of drug-likeness (QED) is 0.153. The van der Waals surface area contributed by atoms with Gasteiger partial charge in [0.25, 0.3) is 0 Å². The summed E-state index contributed by atoms with van der Waals surface area (Å²) in [7, 11) is 0. The molecule has 4 aromatic heterocycles. The van der Waals surface area contributed by atoms with Crippen molar-refractivity contribution >= 4 is 31.5 Å². The minimum Gasteiger partial charge on any atom is -0.264 e. The second-order valence-electron chi connectivity index (χ2n) is 14.9. The first-order valence-corrected chi connectivity index (χ1v) is 21.0. The third-order valence-electron chi connectivity index (χ3n) is 11.1. The lowest BCUT2D eigenvalue weighted by Crippen LogP contribution is -2.00. The van der Waals surface area contributed by atoms with Crippen molar-refractivity contribution in [3.63, 3.8) is 0 Å². The van der Waals surface area contributed by atoms with Gasteiger partial charge in [0.1, 0.15) is 0 Å². The number of rotatable bonds is 8. The fraction of sp³-hybridized carbons (Fsp3) is 0. The number of nitrogens with zero attached hydrogens (tertiary/aromatic N) is 5. The molecule has 0 aliphatic rings. The fourth-order valence-electron chi connectivity index (χ4n) is 8.01. The Morgan fingerprint density at radius 2 is 0.770 bits per heavy atom. The van der Waals surface area contributed by atoms with Crippen LogP contribution < -0.4 is 0 Å². The molecule has 0 aliphatic heterocycles. The topological polar surface area (TPSA) is 64.5 Å². The molecule has 0 bridgehead atoms. The van der Waals surface area contributed by atoms with Crippen molar-refractivity contribution in [2.24, 2.45) is 0 Å². The van der Waals surface area contributed by atoms with Crippen LogP contribution in [0.25, 0.3) is 110 Å². The van der Waals surface area contributed by atoms with E-state index in [-0.39, 0.29) is 0 Å². The summed E-state index contributed by atoms with van der Waals surface area (Å²) < 4.78 is 2.50. The van der Waals surface area contributed by atoms with Crippen molar-refractivity contribution in [1.29, 1.82) is 0 Å². The summed E-state index contributed by atoms with van der Waals surface area (Å²) in [5, 5.41) is 2.48. The van der Waals surface area contributed by atoms with Gasteiger partial charge in [-0.15, -0.1) is 11.3 Å².